The number of esters is 1. The highest BCUT2D eigenvalue weighted by Gasteiger charge is 2.60. The maximum atomic E-state index is 13.7. The average Bonchev–Trinajstić information content (AvgIpc) is 3.04. The highest BCUT2D eigenvalue weighted by molar-refractivity contribution is 6.24. The number of fused-ring (bicyclic) bond motifs is 1. The zero-order chi connectivity index (χ0) is 21.1. The predicted molar refractivity (Wildman–Crippen MR) is 115 cm³/mol. The molecule has 30 heavy (non-hydrogen) atoms. The molecule has 0 aliphatic heterocycles. The summed E-state index contributed by atoms with van der Waals surface area (Å²) in [4.78, 5) is 29.1. The molecule has 4 aliphatic carbocycles. The van der Waals surface area contributed by atoms with Gasteiger partial charge in [0.15, 0.2) is 0 Å². The molecule has 0 spiro atoms. The van der Waals surface area contributed by atoms with Gasteiger partial charge in [-0.15, -0.1) is 11.6 Å². The number of rotatable bonds is 5. The van der Waals surface area contributed by atoms with Crippen LogP contribution in [0.25, 0.3) is 10.9 Å². The molecule has 1 aromatic carbocycles. The summed E-state index contributed by atoms with van der Waals surface area (Å²) in [5, 5.41) is 3.85. The Bertz CT molecular complexity index is 1020. The molecule has 2 atom stereocenters. The van der Waals surface area contributed by atoms with E-state index in [0.29, 0.717) is 29.7 Å². The van der Waals surface area contributed by atoms with E-state index in [1.165, 1.54) is 6.42 Å². The van der Waals surface area contributed by atoms with Crippen molar-refractivity contribution in [2.75, 3.05) is 19.0 Å². The summed E-state index contributed by atoms with van der Waals surface area (Å²) in [6.07, 6.45) is 5.67. The number of carbonyl (C=O) groups is 2. The van der Waals surface area contributed by atoms with E-state index < -0.39 is 11.4 Å². The van der Waals surface area contributed by atoms with Crippen molar-refractivity contribution in [1.82, 2.24) is 4.98 Å². The second-order valence-corrected chi connectivity index (χ2v) is 10.2. The average molecular weight is 431 g/mol. The van der Waals surface area contributed by atoms with Crippen molar-refractivity contribution in [1.29, 1.82) is 0 Å². The van der Waals surface area contributed by atoms with Crippen LogP contribution in [0.15, 0.2) is 18.2 Å². The van der Waals surface area contributed by atoms with Crippen LogP contribution in [0.3, 0.4) is 0 Å². The normalized spacial score (nSPS) is 31.7. The van der Waals surface area contributed by atoms with E-state index in [1.807, 2.05) is 18.2 Å². The van der Waals surface area contributed by atoms with E-state index in [-0.39, 0.29) is 23.1 Å². The van der Waals surface area contributed by atoms with Crippen LogP contribution in [0, 0.1) is 17.3 Å². The Hall–Kier alpha value is -2.21. The van der Waals surface area contributed by atoms with Crippen molar-refractivity contribution in [2.24, 2.45) is 17.3 Å². The van der Waals surface area contributed by atoms with E-state index in [0.717, 1.165) is 36.6 Å². The maximum absolute atomic E-state index is 13.7. The first kappa shape index (κ1) is 19.7. The number of H-pyrrole nitrogens is 1. The van der Waals surface area contributed by atoms with Crippen molar-refractivity contribution >= 4 is 40.1 Å². The topological polar surface area (TPSA) is 80.4 Å². The molecule has 1 aromatic heterocycles. The van der Waals surface area contributed by atoms with E-state index in [1.54, 1.807) is 14.0 Å². The first-order valence-corrected chi connectivity index (χ1v) is 11.1. The van der Waals surface area contributed by atoms with Gasteiger partial charge < -0.3 is 19.8 Å². The van der Waals surface area contributed by atoms with E-state index in [9.17, 15) is 9.59 Å². The lowest BCUT2D eigenvalue weighted by Gasteiger charge is -2.59. The third-order valence-corrected chi connectivity index (χ3v) is 7.64. The van der Waals surface area contributed by atoms with E-state index in [4.69, 9.17) is 21.1 Å². The molecule has 0 saturated heterocycles. The van der Waals surface area contributed by atoms with Gasteiger partial charge in [-0.05, 0) is 75.5 Å². The van der Waals surface area contributed by atoms with E-state index >= 15 is 0 Å². The third kappa shape index (κ3) is 3.08. The van der Waals surface area contributed by atoms with Gasteiger partial charge in [-0.25, -0.2) is 4.79 Å². The third-order valence-electron chi connectivity index (χ3n) is 7.20. The number of carbonyl (C=O) groups excluding carboxylic acids is 2. The number of aromatic amines is 1. The monoisotopic (exact) mass is 430 g/mol. The standard InChI is InChI=1S/C23H27ClN2O4/c1-3-30-20(27)19-18(16-7-15(29-2)4-5-17(16)25-19)26-21(28)22-8-13-6-14(9-22)11-23(24,10-13)12-22/h4-5,7,13-14,25H,3,6,8-12H2,1-2H3,(H,26,28). The Morgan fingerprint density at radius 2 is 1.97 bits per heavy atom. The highest BCUT2D eigenvalue weighted by atomic mass is 35.5. The first-order valence-electron chi connectivity index (χ1n) is 10.7. The SMILES string of the molecule is CCOC(=O)c1[nH]c2ccc(OC)cc2c1NC(=O)C12CC3CC(CC(Cl)(C3)C1)C2. The van der Waals surface area contributed by atoms with Crippen LogP contribution in [-0.4, -0.2) is 35.5 Å². The van der Waals surface area contributed by atoms with E-state index in [2.05, 4.69) is 10.3 Å². The summed E-state index contributed by atoms with van der Waals surface area (Å²) >= 11 is 6.93. The van der Waals surface area contributed by atoms with Gasteiger partial charge in [0, 0.05) is 15.8 Å². The number of hydrogen-bond donors (Lipinski definition) is 2. The number of hydrogen-bond acceptors (Lipinski definition) is 4. The van der Waals surface area contributed by atoms with Crippen molar-refractivity contribution in [2.45, 2.75) is 50.3 Å². The number of halogens is 1. The lowest BCUT2D eigenvalue weighted by Crippen LogP contribution is -2.57. The summed E-state index contributed by atoms with van der Waals surface area (Å²) in [6, 6.07) is 5.48. The fourth-order valence-electron chi connectivity index (χ4n) is 6.45. The Morgan fingerprint density at radius 1 is 1.23 bits per heavy atom. The number of ether oxygens (including phenoxy) is 2. The summed E-state index contributed by atoms with van der Waals surface area (Å²) in [7, 11) is 1.59. The van der Waals surface area contributed by atoms with Gasteiger partial charge in [-0.3, -0.25) is 4.79 Å². The summed E-state index contributed by atoms with van der Waals surface area (Å²) < 4.78 is 10.6. The fourth-order valence-corrected chi connectivity index (χ4v) is 7.14. The van der Waals surface area contributed by atoms with Crippen LogP contribution in [0.2, 0.25) is 0 Å². The molecule has 160 valence electrons. The predicted octanol–water partition coefficient (Wildman–Crippen LogP) is 4.87. The fraction of sp³-hybridized carbons (Fsp3) is 0.565. The molecule has 1 amide bonds. The van der Waals surface area contributed by atoms with Gasteiger partial charge in [0.2, 0.25) is 5.91 Å². The second-order valence-electron chi connectivity index (χ2n) is 9.35. The van der Waals surface area contributed by atoms with Crippen molar-refractivity contribution in [3.8, 4) is 5.75 Å². The largest absolute Gasteiger partial charge is 0.497 e. The molecule has 0 radical (unpaired) electrons. The zero-order valence-corrected chi connectivity index (χ0v) is 18.1. The molecule has 7 heteroatoms. The van der Waals surface area contributed by atoms with Gasteiger partial charge >= 0.3 is 5.97 Å². The van der Waals surface area contributed by atoms with Crippen molar-refractivity contribution in [3.05, 3.63) is 23.9 Å². The molecular formula is C23H27ClN2O4. The van der Waals surface area contributed by atoms with Gasteiger partial charge in [-0.2, -0.15) is 0 Å². The molecule has 4 bridgehead atoms. The molecule has 4 aliphatic rings. The van der Waals surface area contributed by atoms with Crippen LogP contribution < -0.4 is 10.1 Å². The molecule has 2 unspecified atom stereocenters. The summed E-state index contributed by atoms with van der Waals surface area (Å²) in [6.45, 7) is 2.02. The van der Waals surface area contributed by atoms with Crippen molar-refractivity contribution < 1.29 is 19.1 Å². The molecule has 4 saturated carbocycles. The smallest absolute Gasteiger partial charge is 0.356 e. The number of aromatic nitrogens is 1. The molecule has 2 N–H and O–H groups in total. The summed E-state index contributed by atoms with van der Waals surface area (Å²) in [5.74, 6) is 1.17. The second kappa shape index (κ2) is 6.91. The Balaban J connectivity index is 1.53. The highest BCUT2D eigenvalue weighted by Crippen LogP contribution is 2.64. The van der Waals surface area contributed by atoms with Gasteiger partial charge in [0.05, 0.1) is 24.8 Å². The van der Waals surface area contributed by atoms with Crippen LogP contribution in [0.1, 0.15) is 55.9 Å². The number of nitrogens with one attached hydrogen (secondary N) is 2. The van der Waals surface area contributed by atoms with Gasteiger partial charge in [-0.1, -0.05) is 0 Å². The molecule has 6 rings (SSSR count). The Morgan fingerprint density at radius 3 is 2.60 bits per heavy atom. The number of alkyl halides is 1. The lowest BCUT2D eigenvalue weighted by atomic mass is 9.49. The Labute approximate surface area is 180 Å². The van der Waals surface area contributed by atoms with Crippen molar-refractivity contribution in [3.63, 3.8) is 0 Å². The molecule has 4 fully saturated rings. The molecule has 1 heterocycles. The first-order chi connectivity index (χ1) is 14.3. The number of anilines is 1. The minimum Gasteiger partial charge on any atom is -0.497 e. The number of benzene rings is 1. The van der Waals surface area contributed by atoms with Gasteiger partial charge in [0.1, 0.15) is 11.4 Å². The van der Waals surface area contributed by atoms with Crippen LogP contribution >= 0.6 is 11.6 Å². The van der Waals surface area contributed by atoms with Crippen LogP contribution in [0.5, 0.6) is 5.75 Å². The maximum Gasteiger partial charge on any atom is 0.356 e. The van der Waals surface area contributed by atoms with Gasteiger partial charge in [0.25, 0.3) is 0 Å². The molecule has 2 aromatic rings. The minimum absolute atomic E-state index is 0.0316. The summed E-state index contributed by atoms with van der Waals surface area (Å²) in [5.41, 5.74) is 1.01. The number of methoxy groups -OCH3 is 1. The zero-order valence-electron chi connectivity index (χ0n) is 17.3. The lowest BCUT2D eigenvalue weighted by molar-refractivity contribution is -0.138. The number of amides is 1. The molecule has 6 nitrogen and oxygen atoms in total. The van der Waals surface area contributed by atoms with Crippen LogP contribution in [0.4, 0.5) is 5.69 Å². The quantitative estimate of drug-likeness (QED) is 0.523. The Kier molecular flexibility index (Phi) is 4.54. The molecular weight excluding hydrogens is 404 g/mol. The minimum atomic E-state index is -0.484. The van der Waals surface area contributed by atoms with Crippen LogP contribution in [-0.2, 0) is 9.53 Å².